The third-order valence-electron chi connectivity index (χ3n) is 5.37. The number of thioether (sulfide) groups is 1. The van der Waals surface area contributed by atoms with Gasteiger partial charge in [0.1, 0.15) is 5.52 Å². The molecular formula is C25H19N5S. The van der Waals surface area contributed by atoms with Crippen molar-refractivity contribution >= 4 is 33.8 Å². The fourth-order valence-corrected chi connectivity index (χ4v) is 4.47. The van der Waals surface area contributed by atoms with Crippen LogP contribution >= 0.6 is 11.8 Å². The van der Waals surface area contributed by atoms with Crippen molar-refractivity contribution in [3.8, 4) is 6.07 Å². The summed E-state index contributed by atoms with van der Waals surface area (Å²) in [4.78, 5) is 4.88. The number of rotatable bonds is 5. The molecule has 31 heavy (non-hydrogen) atoms. The highest BCUT2D eigenvalue weighted by atomic mass is 32.2. The number of aryl methyl sites for hydroxylation is 1. The Kier molecular flexibility index (Phi) is 5.11. The Morgan fingerprint density at radius 1 is 0.968 bits per heavy atom. The van der Waals surface area contributed by atoms with Crippen molar-refractivity contribution in [3.05, 3.63) is 95.1 Å². The summed E-state index contributed by atoms with van der Waals surface area (Å²) >= 11 is 1.53. The fourth-order valence-electron chi connectivity index (χ4n) is 3.75. The van der Waals surface area contributed by atoms with E-state index in [-0.39, 0.29) is 0 Å². The summed E-state index contributed by atoms with van der Waals surface area (Å²) in [5, 5.41) is 19.7. The van der Waals surface area contributed by atoms with E-state index in [9.17, 15) is 0 Å². The minimum Gasteiger partial charge on any atom is -0.319 e. The van der Waals surface area contributed by atoms with Crippen LogP contribution < -0.4 is 0 Å². The van der Waals surface area contributed by atoms with Gasteiger partial charge in [-0.15, -0.1) is 10.2 Å². The minimum atomic E-state index is 0.628. The number of nitriles is 1. The standard InChI is InChI=1S/C25H19N5S/c1-17-7-2-3-10-20(17)15-30-22-12-5-4-11-21(22)23-24(30)27-25(29-28-23)31-16-19-9-6-8-18(13-19)14-26/h2-13H,15-16H2,1H3. The molecule has 0 saturated heterocycles. The summed E-state index contributed by atoms with van der Waals surface area (Å²) in [5.74, 6) is 0.681. The van der Waals surface area contributed by atoms with Gasteiger partial charge in [-0.3, -0.25) is 0 Å². The van der Waals surface area contributed by atoms with E-state index in [0.29, 0.717) is 16.5 Å². The molecule has 0 atom stereocenters. The minimum absolute atomic E-state index is 0.628. The van der Waals surface area contributed by atoms with Gasteiger partial charge in [0, 0.05) is 17.7 Å². The Balaban J connectivity index is 1.55. The zero-order valence-electron chi connectivity index (χ0n) is 17.0. The number of fused-ring (bicyclic) bond motifs is 3. The third kappa shape index (κ3) is 3.76. The molecule has 0 spiro atoms. The second kappa shape index (κ2) is 8.21. The molecule has 5 nitrogen and oxygen atoms in total. The zero-order valence-corrected chi connectivity index (χ0v) is 17.8. The van der Waals surface area contributed by atoms with Crippen LogP contribution in [0.2, 0.25) is 0 Å². The molecule has 2 heterocycles. The number of hydrogen-bond acceptors (Lipinski definition) is 5. The topological polar surface area (TPSA) is 67.4 Å². The van der Waals surface area contributed by atoms with Gasteiger partial charge in [0.2, 0.25) is 5.16 Å². The van der Waals surface area contributed by atoms with Crippen molar-refractivity contribution in [3.63, 3.8) is 0 Å². The molecule has 0 radical (unpaired) electrons. The summed E-state index contributed by atoms with van der Waals surface area (Å²) in [6, 6.07) is 26.5. The summed E-state index contributed by atoms with van der Waals surface area (Å²) in [7, 11) is 0. The Bertz CT molecular complexity index is 1450. The maximum atomic E-state index is 9.11. The number of benzene rings is 3. The van der Waals surface area contributed by atoms with Crippen molar-refractivity contribution in [1.29, 1.82) is 5.26 Å². The van der Waals surface area contributed by atoms with Crippen molar-refractivity contribution < 1.29 is 0 Å². The number of para-hydroxylation sites is 1. The first kappa shape index (κ1) is 19.3. The van der Waals surface area contributed by atoms with E-state index in [0.717, 1.165) is 34.2 Å². The third-order valence-corrected chi connectivity index (χ3v) is 6.28. The summed E-state index contributed by atoms with van der Waals surface area (Å²) in [6.07, 6.45) is 0. The van der Waals surface area contributed by atoms with Crippen LogP contribution in [0.5, 0.6) is 0 Å². The molecule has 0 amide bonds. The summed E-state index contributed by atoms with van der Waals surface area (Å²) in [6.45, 7) is 2.86. The lowest BCUT2D eigenvalue weighted by molar-refractivity contribution is 0.811. The van der Waals surface area contributed by atoms with Crippen LogP contribution in [0.3, 0.4) is 0 Å². The van der Waals surface area contributed by atoms with Crippen LogP contribution in [0.25, 0.3) is 22.1 Å². The molecule has 0 fully saturated rings. The van der Waals surface area contributed by atoms with Crippen molar-refractivity contribution in [2.75, 3.05) is 0 Å². The second-order valence-corrected chi connectivity index (χ2v) is 8.34. The van der Waals surface area contributed by atoms with E-state index >= 15 is 0 Å². The van der Waals surface area contributed by atoms with Gasteiger partial charge in [-0.25, -0.2) is 4.98 Å². The first-order valence-corrected chi connectivity index (χ1v) is 11.0. The van der Waals surface area contributed by atoms with Gasteiger partial charge in [-0.2, -0.15) is 5.26 Å². The van der Waals surface area contributed by atoms with E-state index in [4.69, 9.17) is 10.2 Å². The van der Waals surface area contributed by atoms with Crippen LogP contribution in [0, 0.1) is 18.3 Å². The molecule has 0 aliphatic heterocycles. The van der Waals surface area contributed by atoms with E-state index in [2.05, 4.69) is 64.2 Å². The first-order valence-electron chi connectivity index (χ1n) is 10.0. The highest BCUT2D eigenvalue weighted by Gasteiger charge is 2.15. The molecule has 0 N–H and O–H groups in total. The van der Waals surface area contributed by atoms with Crippen LogP contribution in [0.4, 0.5) is 0 Å². The number of nitrogens with zero attached hydrogens (tertiary/aromatic N) is 5. The monoisotopic (exact) mass is 421 g/mol. The number of hydrogen-bond donors (Lipinski definition) is 0. The lowest BCUT2D eigenvalue weighted by Crippen LogP contribution is -2.03. The first-order chi connectivity index (χ1) is 15.2. The van der Waals surface area contributed by atoms with Gasteiger partial charge in [-0.1, -0.05) is 66.4 Å². The number of aromatic nitrogens is 4. The molecule has 0 bridgehead atoms. The van der Waals surface area contributed by atoms with Crippen LogP contribution in [0.15, 0.2) is 78.0 Å². The maximum Gasteiger partial charge on any atom is 0.211 e. The normalized spacial score (nSPS) is 11.1. The largest absolute Gasteiger partial charge is 0.319 e. The van der Waals surface area contributed by atoms with E-state index in [1.165, 1.54) is 22.9 Å². The van der Waals surface area contributed by atoms with Gasteiger partial charge in [0.15, 0.2) is 5.65 Å². The van der Waals surface area contributed by atoms with E-state index in [1.807, 2.05) is 36.4 Å². The molecule has 0 saturated carbocycles. The zero-order chi connectivity index (χ0) is 21.2. The maximum absolute atomic E-state index is 9.11. The fraction of sp³-hybridized carbons (Fsp3) is 0.120. The SMILES string of the molecule is Cc1ccccc1Cn1c2ccccc2c2nnc(SCc3cccc(C#N)c3)nc21. The molecule has 150 valence electrons. The molecule has 0 aliphatic rings. The predicted molar refractivity (Wildman–Crippen MR) is 124 cm³/mol. The van der Waals surface area contributed by atoms with Gasteiger partial charge >= 0.3 is 0 Å². The Morgan fingerprint density at radius 3 is 2.68 bits per heavy atom. The molecule has 0 aliphatic carbocycles. The van der Waals surface area contributed by atoms with Crippen LogP contribution in [-0.4, -0.2) is 19.7 Å². The molecular weight excluding hydrogens is 402 g/mol. The second-order valence-electron chi connectivity index (χ2n) is 7.40. The average molecular weight is 422 g/mol. The van der Waals surface area contributed by atoms with Gasteiger partial charge in [-0.05, 0) is 41.8 Å². The van der Waals surface area contributed by atoms with Crippen molar-refractivity contribution in [2.45, 2.75) is 24.4 Å². The van der Waals surface area contributed by atoms with Gasteiger partial charge in [0.25, 0.3) is 0 Å². The van der Waals surface area contributed by atoms with Crippen LogP contribution in [0.1, 0.15) is 22.3 Å². The molecule has 5 rings (SSSR count). The van der Waals surface area contributed by atoms with Crippen molar-refractivity contribution in [1.82, 2.24) is 19.7 Å². The van der Waals surface area contributed by atoms with Crippen molar-refractivity contribution in [2.24, 2.45) is 0 Å². The highest BCUT2D eigenvalue weighted by Crippen LogP contribution is 2.29. The smallest absolute Gasteiger partial charge is 0.211 e. The highest BCUT2D eigenvalue weighted by molar-refractivity contribution is 7.98. The van der Waals surface area contributed by atoms with Crippen LogP contribution in [-0.2, 0) is 12.3 Å². The summed E-state index contributed by atoms with van der Waals surface area (Å²) in [5.41, 5.74) is 6.99. The van der Waals surface area contributed by atoms with Gasteiger partial charge < -0.3 is 4.57 Å². The van der Waals surface area contributed by atoms with E-state index < -0.39 is 0 Å². The molecule has 5 aromatic rings. The average Bonchev–Trinajstić information content (AvgIpc) is 3.12. The Hall–Kier alpha value is -3.69. The Labute approximate surface area is 184 Å². The lowest BCUT2D eigenvalue weighted by atomic mass is 10.1. The lowest BCUT2D eigenvalue weighted by Gasteiger charge is -2.09. The molecule has 3 aromatic carbocycles. The predicted octanol–water partition coefficient (Wildman–Crippen LogP) is 5.50. The molecule has 2 aromatic heterocycles. The summed E-state index contributed by atoms with van der Waals surface area (Å²) < 4.78 is 2.22. The quantitative estimate of drug-likeness (QED) is 0.351. The molecule has 0 unspecified atom stereocenters. The van der Waals surface area contributed by atoms with Gasteiger partial charge in [0.05, 0.1) is 17.1 Å². The van der Waals surface area contributed by atoms with E-state index in [1.54, 1.807) is 0 Å². The molecule has 6 heteroatoms. The Morgan fingerprint density at radius 2 is 1.81 bits per heavy atom.